The average Bonchev–Trinajstić information content (AvgIpc) is 2.83. The third-order valence-electron chi connectivity index (χ3n) is 4.19. The molecule has 0 N–H and O–H groups in total. The first-order chi connectivity index (χ1) is 12.1. The van der Waals surface area contributed by atoms with Gasteiger partial charge >= 0.3 is 5.97 Å². The van der Waals surface area contributed by atoms with Crippen LogP contribution in [0.2, 0.25) is 0 Å². The fourth-order valence-electron chi connectivity index (χ4n) is 2.91. The first kappa shape index (κ1) is 19.6. The molecule has 26 heavy (non-hydrogen) atoms. The summed E-state index contributed by atoms with van der Waals surface area (Å²) in [7, 11) is 3.12. The number of nitrogens with zero attached hydrogens (tertiary/aromatic N) is 2. The van der Waals surface area contributed by atoms with Crippen LogP contribution in [0, 0.1) is 5.92 Å². The van der Waals surface area contributed by atoms with Gasteiger partial charge in [0.15, 0.2) is 6.10 Å². The van der Waals surface area contributed by atoms with Crippen molar-refractivity contribution in [2.75, 3.05) is 14.1 Å². The van der Waals surface area contributed by atoms with Crippen LogP contribution >= 0.6 is 0 Å². The lowest BCUT2D eigenvalue weighted by molar-refractivity contribution is -0.161. The van der Waals surface area contributed by atoms with Crippen molar-refractivity contribution in [3.05, 3.63) is 35.4 Å². The predicted molar refractivity (Wildman–Crippen MR) is 94.4 cm³/mol. The van der Waals surface area contributed by atoms with E-state index in [4.69, 9.17) is 4.74 Å². The standard InChI is InChI=1S/C19H24N2O5/c1-11(2)10-15(19(25)26-12(3)16(22)20(4)5)21-17(23)13-8-6-7-9-14(13)18(21)24/h6-9,11-12,15H,10H2,1-5H3/t12-,15-/m1/s1. The quantitative estimate of drug-likeness (QED) is 0.570. The topological polar surface area (TPSA) is 84.0 Å². The van der Waals surface area contributed by atoms with Crippen molar-refractivity contribution in [2.24, 2.45) is 5.92 Å². The Morgan fingerprint density at radius 3 is 1.96 bits per heavy atom. The van der Waals surface area contributed by atoms with Crippen LogP contribution in [0.4, 0.5) is 0 Å². The smallest absolute Gasteiger partial charge is 0.330 e. The number of rotatable bonds is 6. The van der Waals surface area contributed by atoms with Crippen LogP contribution in [0.15, 0.2) is 24.3 Å². The number of ether oxygens (including phenoxy) is 1. The minimum Gasteiger partial charge on any atom is -0.451 e. The minimum atomic E-state index is -1.07. The Bertz CT molecular complexity index is 706. The summed E-state index contributed by atoms with van der Waals surface area (Å²) in [6, 6.07) is 5.39. The second-order valence-corrected chi connectivity index (χ2v) is 6.98. The van der Waals surface area contributed by atoms with Gasteiger partial charge in [0.05, 0.1) is 11.1 Å². The van der Waals surface area contributed by atoms with Crippen LogP contribution in [0.3, 0.4) is 0 Å². The van der Waals surface area contributed by atoms with E-state index >= 15 is 0 Å². The lowest BCUT2D eigenvalue weighted by Gasteiger charge is -2.27. The van der Waals surface area contributed by atoms with Gasteiger partial charge in [-0.1, -0.05) is 26.0 Å². The molecule has 2 rings (SSSR count). The number of amides is 3. The maximum Gasteiger partial charge on any atom is 0.330 e. The third-order valence-corrected chi connectivity index (χ3v) is 4.19. The van der Waals surface area contributed by atoms with Crippen molar-refractivity contribution in [1.29, 1.82) is 0 Å². The van der Waals surface area contributed by atoms with Crippen molar-refractivity contribution in [3.8, 4) is 0 Å². The number of hydrogen-bond donors (Lipinski definition) is 0. The van der Waals surface area contributed by atoms with Gasteiger partial charge in [-0.05, 0) is 31.4 Å². The zero-order valence-corrected chi connectivity index (χ0v) is 15.7. The molecule has 1 heterocycles. The zero-order chi connectivity index (χ0) is 19.6. The van der Waals surface area contributed by atoms with Gasteiger partial charge in [0.25, 0.3) is 17.7 Å². The van der Waals surface area contributed by atoms with Gasteiger partial charge in [-0.3, -0.25) is 19.3 Å². The second kappa shape index (κ2) is 7.68. The summed E-state index contributed by atoms with van der Waals surface area (Å²) in [5.41, 5.74) is 0.549. The Labute approximate surface area is 152 Å². The largest absolute Gasteiger partial charge is 0.451 e. The summed E-state index contributed by atoms with van der Waals surface area (Å²) in [6.07, 6.45) is -0.741. The SMILES string of the molecule is CC(C)C[C@H](C(=O)O[C@H](C)C(=O)N(C)C)N1C(=O)c2ccccc2C1=O. The molecule has 7 nitrogen and oxygen atoms in total. The van der Waals surface area contributed by atoms with Crippen molar-refractivity contribution in [3.63, 3.8) is 0 Å². The molecule has 0 unspecified atom stereocenters. The Balaban J connectivity index is 2.28. The molecule has 0 radical (unpaired) electrons. The van der Waals surface area contributed by atoms with Gasteiger partial charge in [-0.2, -0.15) is 0 Å². The number of benzene rings is 1. The molecule has 1 aliphatic rings. The number of esters is 1. The van der Waals surface area contributed by atoms with E-state index in [0.717, 1.165) is 4.90 Å². The fourth-order valence-corrected chi connectivity index (χ4v) is 2.91. The van der Waals surface area contributed by atoms with Crippen LogP contribution in [-0.4, -0.2) is 59.7 Å². The van der Waals surface area contributed by atoms with Crippen molar-refractivity contribution < 1.29 is 23.9 Å². The molecule has 0 saturated carbocycles. The van der Waals surface area contributed by atoms with E-state index in [9.17, 15) is 19.2 Å². The molecule has 0 aliphatic carbocycles. The molecule has 3 amide bonds. The van der Waals surface area contributed by atoms with Crippen molar-refractivity contribution in [2.45, 2.75) is 39.3 Å². The Morgan fingerprint density at radius 1 is 1.04 bits per heavy atom. The van der Waals surface area contributed by atoms with Gasteiger partial charge < -0.3 is 9.64 Å². The number of hydrogen-bond acceptors (Lipinski definition) is 5. The van der Waals surface area contributed by atoms with Gasteiger partial charge in [0.1, 0.15) is 6.04 Å². The van der Waals surface area contributed by atoms with Crippen molar-refractivity contribution >= 4 is 23.7 Å². The Morgan fingerprint density at radius 2 is 1.54 bits per heavy atom. The van der Waals surface area contributed by atoms with E-state index in [1.807, 2.05) is 13.8 Å². The zero-order valence-electron chi connectivity index (χ0n) is 15.7. The highest BCUT2D eigenvalue weighted by Crippen LogP contribution is 2.27. The van der Waals surface area contributed by atoms with E-state index < -0.39 is 29.9 Å². The summed E-state index contributed by atoms with van der Waals surface area (Å²) in [5, 5.41) is 0. The molecule has 0 fully saturated rings. The maximum atomic E-state index is 12.7. The molecule has 1 aromatic carbocycles. The summed E-state index contributed by atoms with van der Waals surface area (Å²) in [5.74, 6) is -2.11. The number of likely N-dealkylation sites (N-methyl/N-ethyl adjacent to an activating group) is 1. The van der Waals surface area contributed by atoms with Crippen LogP contribution in [-0.2, 0) is 14.3 Å². The maximum absolute atomic E-state index is 12.7. The van der Waals surface area contributed by atoms with Crippen LogP contribution in [0.25, 0.3) is 0 Å². The van der Waals surface area contributed by atoms with Crippen LogP contribution in [0.1, 0.15) is 47.9 Å². The van der Waals surface area contributed by atoms with Crippen LogP contribution in [0.5, 0.6) is 0 Å². The molecule has 2 atom stereocenters. The normalized spacial score (nSPS) is 15.7. The van der Waals surface area contributed by atoms with Gasteiger partial charge in [-0.25, -0.2) is 4.79 Å². The highest BCUT2D eigenvalue weighted by atomic mass is 16.5. The number of fused-ring (bicyclic) bond motifs is 1. The summed E-state index contributed by atoms with van der Waals surface area (Å²) in [4.78, 5) is 52.3. The lowest BCUT2D eigenvalue weighted by Crippen LogP contribution is -2.48. The lowest BCUT2D eigenvalue weighted by atomic mass is 10.0. The van der Waals surface area contributed by atoms with Gasteiger partial charge in [0, 0.05) is 14.1 Å². The molecular weight excluding hydrogens is 336 g/mol. The number of carbonyl (C=O) groups excluding carboxylic acids is 4. The van der Waals surface area contributed by atoms with Crippen LogP contribution < -0.4 is 0 Å². The minimum absolute atomic E-state index is 0.0386. The molecule has 7 heteroatoms. The summed E-state index contributed by atoms with van der Waals surface area (Å²) >= 11 is 0. The van der Waals surface area contributed by atoms with E-state index in [2.05, 4.69) is 0 Å². The second-order valence-electron chi connectivity index (χ2n) is 6.98. The molecule has 1 aliphatic heterocycles. The highest BCUT2D eigenvalue weighted by molar-refractivity contribution is 6.22. The Kier molecular flexibility index (Phi) is 5.79. The van der Waals surface area contributed by atoms with E-state index in [1.54, 1.807) is 38.4 Å². The molecule has 0 bridgehead atoms. The molecule has 0 saturated heterocycles. The highest BCUT2D eigenvalue weighted by Gasteiger charge is 2.44. The summed E-state index contributed by atoms with van der Waals surface area (Å²) < 4.78 is 5.27. The number of carbonyl (C=O) groups is 4. The average molecular weight is 360 g/mol. The van der Waals surface area contributed by atoms with E-state index in [1.165, 1.54) is 11.8 Å². The Hall–Kier alpha value is -2.70. The predicted octanol–water partition coefficient (Wildman–Crippen LogP) is 1.72. The first-order valence-corrected chi connectivity index (χ1v) is 8.53. The first-order valence-electron chi connectivity index (χ1n) is 8.53. The van der Waals surface area contributed by atoms with E-state index in [0.29, 0.717) is 0 Å². The molecule has 0 aromatic heterocycles. The molecular formula is C19H24N2O5. The van der Waals surface area contributed by atoms with Crippen molar-refractivity contribution in [1.82, 2.24) is 9.80 Å². The monoisotopic (exact) mass is 360 g/mol. The summed E-state index contributed by atoms with van der Waals surface area (Å²) in [6.45, 7) is 5.23. The van der Waals surface area contributed by atoms with Gasteiger partial charge in [0.2, 0.25) is 0 Å². The number of imide groups is 1. The van der Waals surface area contributed by atoms with E-state index in [-0.39, 0.29) is 29.4 Å². The molecule has 0 spiro atoms. The molecule has 140 valence electrons. The third kappa shape index (κ3) is 3.76. The molecule has 1 aromatic rings. The van der Waals surface area contributed by atoms with Gasteiger partial charge in [-0.15, -0.1) is 0 Å². The fraction of sp³-hybridized carbons (Fsp3) is 0.474.